The quantitative estimate of drug-likeness (QED) is 0.567. The summed E-state index contributed by atoms with van der Waals surface area (Å²) < 4.78 is 48.6. The highest BCUT2D eigenvalue weighted by Crippen LogP contribution is 2.23. The zero-order valence-corrected chi connectivity index (χ0v) is 20.4. The zero-order valence-electron chi connectivity index (χ0n) is 18.7. The topological polar surface area (TPSA) is 109 Å². The SMILES string of the molecule is O=C(c1ccccc1)N(CCN(C(=O)c1ccccc1)C1CCS(=O)(=O)C1)C1CCS(=O)(=O)C1. The fourth-order valence-corrected chi connectivity index (χ4v) is 8.11. The summed E-state index contributed by atoms with van der Waals surface area (Å²) in [5.74, 6) is -0.790. The van der Waals surface area contributed by atoms with Crippen molar-refractivity contribution < 1.29 is 26.4 Å². The van der Waals surface area contributed by atoms with Crippen molar-refractivity contribution in [3.8, 4) is 0 Å². The van der Waals surface area contributed by atoms with Gasteiger partial charge in [0, 0.05) is 36.3 Å². The zero-order chi connectivity index (χ0) is 24.3. The molecule has 34 heavy (non-hydrogen) atoms. The molecule has 2 fully saturated rings. The van der Waals surface area contributed by atoms with Crippen LogP contribution < -0.4 is 0 Å². The van der Waals surface area contributed by atoms with Gasteiger partial charge in [-0.25, -0.2) is 16.8 Å². The van der Waals surface area contributed by atoms with Gasteiger partial charge in [0.2, 0.25) is 0 Å². The number of hydrogen-bond donors (Lipinski definition) is 0. The molecule has 2 atom stereocenters. The molecule has 2 aliphatic rings. The molecule has 2 aliphatic heterocycles. The van der Waals surface area contributed by atoms with Crippen LogP contribution in [-0.2, 0) is 19.7 Å². The summed E-state index contributed by atoms with van der Waals surface area (Å²) >= 11 is 0. The molecule has 0 N–H and O–H groups in total. The van der Waals surface area contributed by atoms with Crippen LogP contribution in [0.2, 0.25) is 0 Å². The molecule has 2 heterocycles. The molecule has 2 aromatic carbocycles. The van der Waals surface area contributed by atoms with Crippen molar-refractivity contribution >= 4 is 31.5 Å². The normalized spacial score (nSPS) is 22.8. The summed E-state index contributed by atoms with van der Waals surface area (Å²) in [6.45, 7) is 0.228. The third-order valence-electron chi connectivity index (χ3n) is 6.44. The first-order valence-corrected chi connectivity index (χ1v) is 14.9. The van der Waals surface area contributed by atoms with Gasteiger partial charge in [0.15, 0.2) is 19.7 Å². The number of nitrogens with zero attached hydrogens (tertiary/aromatic N) is 2. The molecule has 0 radical (unpaired) electrons. The summed E-state index contributed by atoms with van der Waals surface area (Å²) in [5, 5.41) is 0. The van der Waals surface area contributed by atoms with E-state index in [4.69, 9.17) is 0 Å². The molecule has 0 spiro atoms. The van der Waals surface area contributed by atoms with Crippen molar-refractivity contribution in [2.45, 2.75) is 24.9 Å². The van der Waals surface area contributed by atoms with Crippen LogP contribution in [0.5, 0.6) is 0 Å². The Labute approximate surface area is 200 Å². The van der Waals surface area contributed by atoms with Crippen molar-refractivity contribution in [1.29, 1.82) is 0 Å². The number of rotatable bonds is 7. The molecule has 2 saturated heterocycles. The first-order chi connectivity index (χ1) is 16.2. The Morgan fingerprint density at radius 1 is 0.647 bits per heavy atom. The predicted octanol–water partition coefficient (Wildman–Crippen LogP) is 1.65. The fourth-order valence-electron chi connectivity index (χ4n) is 4.65. The van der Waals surface area contributed by atoms with Crippen LogP contribution in [0.15, 0.2) is 60.7 Å². The molecule has 10 heteroatoms. The highest BCUT2D eigenvalue weighted by Gasteiger charge is 2.38. The van der Waals surface area contributed by atoms with E-state index in [1.807, 2.05) is 0 Å². The second-order valence-electron chi connectivity index (χ2n) is 8.84. The predicted molar refractivity (Wildman–Crippen MR) is 129 cm³/mol. The monoisotopic (exact) mass is 504 g/mol. The molecule has 2 unspecified atom stereocenters. The van der Waals surface area contributed by atoms with Gasteiger partial charge in [-0.15, -0.1) is 0 Å². The molecular weight excluding hydrogens is 476 g/mol. The lowest BCUT2D eigenvalue weighted by atomic mass is 10.1. The lowest BCUT2D eigenvalue weighted by Crippen LogP contribution is -2.49. The number of carbonyl (C=O) groups is 2. The molecule has 0 aliphatic carbocycles. The number of hydrogen-bond acceptors (Lipinski definition) is 6. The molecule has 2 aromatic rings. The van der Waals surface area contributed by atoms with E-state index in [0.29, 0.717) is 24.0 Å². The van der Waals surface area contributed by atoms with E-state index < -0.39 is 31.8 Å². The van der Waals surface area contributed by atoms with E-state index in [1.54, 1.807) is 60.7 Å². The van der Waals surface area contributed by atoms with Gasteiger partial charge >= 0.3 is 0 Å². The summed E-state index contributed by atoms with van der Waals surface area (Å²) in [7, 11) is -6.48. The minimum absolute atomic E-state index is 0.0176. The van der Waals surface area contributed by atoms with Crippen LogP contribution in [0.4, 0.5) is 0 Å². The minimum atomic E-state index is -3.24. The van der Waals surface area contributed by atoms with Crippen LogP contribution in [0.3, 0.4) is 0 Å². The van der Waals surface area contributed by atoms with Crippen molar-refractivity contribution in [2.24, 2.45) is 0 Å². The largest absolute Gasteiger partial charge is 0.333 e. The lowest BCUT2D eigenvalue weighted by molar-refractivity contribution is 0.0576. The van der Waals surface area contributed by atoms with E-state index in [2.05, 4.69) is 0 Å². The maximum atomic E-state index is 13.4. The second-order valence-corrected chi connectivity index (χ2v) is 13.3. The maximum absolute atomic E-state index is 13.4. The lowest BCUT2D eigenvalue weighted by Gasteiger charge is -2.34. The minimum Gasteiger partial charge on any atom is -0.333 e. The molecule has 182 valence electrons. The first-order valence-electron chi connectivity index (χ1n) is 11.3. The summed E-state index contributed by atoms with van der Waals surface area (Å²) in [5.41, 5.74) is 0.882. The van der Waals surface area contributed by atoms with Crippen LogP contribution in [0.1, 0.15) is 33.6 Å². The van der Waals surface area contributed by atoms with Gasteiger partial charge in [-0.2, -0.15) is 0 Å². The summed E-state index contributed by atoms with van der Waals surface area (Å²) in [6.07, 6.45) is 0.677. The molecule has 2 amide bonds. The van der Waals surface area contributed by atoms with Crippen molar-refractivity contribution in [1.82, 2.24) is 9.80 Å². The van der Waals surface area contributed by atoms with Crippen molar-refractivity contribution in [3.63, 3.8) is 0 Å². The van der Waals surface area contributed by atoms with Crippen LogP contribution in [0.25, 0.3) is 0 Å². The fraction of sp³-hybridized carbons (Fsp3) is 0.417. The third-order valence-corrected chi connectivity index (χ3v) is 9.94. The van der Waals surface area contributed by atoms with Gasteiger partial charge in [-0.1, -0.05) is 36.4 Å². The van der Waals surface area contributed by atoms with Crippen molar-refractivity contribution in [2.75, 3.05) is 36.1 Å². The van der Waals surface area contributed by atoms with Crippen molar-refractivity contribution in [3.05, 3.63) is 71.8 Å². The number of benzene rings is 2. The van der Waals surface area contributed by atoms with Gasteiger partial charge < -0.3 is 9.80 Å². The molecular formula is C24H28N2O6S2. The Morgan fingerprint density at radius 3 is 1.29 bits per heavy atom. The molecule has 0 bridgehead atoms. The number of carbonyl (C=O) groups excluding carboxylic acids is 2. The Kier molecular flexibility index (Phi) is 7.09. The van der Waals surface area contributed by atoms with Gasteiger partial charge in [0.1, 0.15) is 0 Å². The number of amides is 2. The molecule has 0 aromatic heterocycles. The second kappa shape index (κ2) is 9.87. The highest BCUT2D eigenvalue weighted by molar-refractivity contribution is 7.91. The van der Waals surface area contributed by atoms with E-state index >= 15 is 0 Å². The van der Waals surface area contributed by atoms with E-state index in [0.717, 1.165) is 0 Å². The van der Waals surface area contributed by atoms with Gasteiger partial charge in [-0.05, 0) is 37.1 Å². The van der Waals surface area contributed by atoms with Gasteiger partial charge in [-0.3, -0.25) is 9.59 Å². The number of sulfone groups is 2. The van der Waals surface area contributed by atoms with E-state index in [1.165, 1.54) is 9.80 Å². The summed E-state index contributed by atoms with van der Waals surface area (Å²) in [6, 6.07) is 16.3. The molecule has 8 nitrogen and oxygen atoms in total. The Hall–Kier alpha value is -2.72. The summed E-state index contributed by atoms with van der Waals surface area (Å²) in [4.78, 5) is 29.8. The van der Waals surface area contributed by atoms with Crippen LogP contribution >= 0.6 is 0 Å². The molecule has 0 saturated carbocycles. The highest BCUT2D eigenvalue weighted by atomic mass is 32.2. The van der Waals surface area contributed by atoms with Crippen LogP contribution in [0, 0.1) is 0 Å². The third kappa shape index (κ3) is 5.67. The average molecular weight is 505 g/mol. The first kappa shape index (κ1) is 24.4. The smallest absolute Gasteiger partial charge is 0.254 e. The van der Waals surface area contributed by atoms with E-state index in [-0.39, 0.29) is 47.9 Å². The van der Waals surface area contributed by atoms with E-state index in [9.17, 15) is 26.4 Å². The molecule has 4 rings (SSSR count). The van der Waals surface area contributed by atoms with Gasteiger partial charge in [0.25, 0.3) is 11.8 Å². The Bertz CT molecular complexity index is 1150. The Balaban J connectivity index is 1.60. The maximum Gasteiger partial charge on any atom is 0.254 e. The van der Waals surface area contributed by atoms with Crippen LogP contribution in [-0.4, -0.2) is 86.6 Å². The average Bonchev–Trinajstić information content (AvgIpc) is 3.37. The standard InChI is InChI=1S/C24H28N2O6S2/c27-23(19-7-3-1-4-8-19)25(21-11-15-33(29,30)17-21)13-14-26(22-12-16-34(31,32)18-22)24(28)20-9-5-2-6-10-20/h1-10,21-22H,11-18H2. The van der Waals surface area contributed by atoms with Gasteiger partial charge in [0.05, 0.1) is 23.0 Å². The Morgan fingerprint density at radius 2 is 1.00 bits per heavy atom.